The van der Waals surface area contributed by atoms with Gasteiger partial charge in [0.15, 0.2) is 11.5 Å². The highest BCUT2D eigenvalue weighted by molar-refractivity contribution is 5.39. The Labute approximate surface area is 126 Å². The van der Waals surface area contributed by atoms with Crippen molar-refractivity contribution >= 4 is 0 Å². The molecule has 0 radical (unpaired) electrons. The highest BCUT2D eigenvalue weighted by atomic mass is 16.5. The van der Waals surface area contributed by atoms with Crippen molar-refractivity contribution in [2.75, 3.05) is 13.7 Å². The fourth-order valence-electron chi connectivity index (χ4n) is 2.02. The number of nitrogens with one attached hydrogen (secondary N) is 1. The molecule has 4 nitrogen and oxygen atoms in total. The van der Waals surface area contributed by atoms with Crippen LogP contribution in [0.5, 0.6) is 11.5 Å². The van der Waals surface area contributed by atoms with Crippen LogP contribution in [-0.2, 0) is 13.2 Å². The van der Waals surface area contributed by atoms with Gasteiger partial charge in [-0.1, -0.05) is 26.0 Å². The largest absolute Gasteiger partial charge is 0.493 e. The molecule has 0 amide bonds. The Morgan fingerprint density at radius 3 is 2.62 bits per heavy atom. The van der Waals surface area contributed by atoms with Gasteiger partial charge < -0.3 is 19.2 Å². The summed E-state index contributed by atoms with van der Waals surface area (Å²) in [6.45, 7) is 6.51. The zero-order valence-electron chi connectivity index (χ0n) is 12.9. The predicted molar refractivity (Wildman–Crippen MR) is 82.6 cm³/mol. The van der Waals surface area contributed by atoms with Gasteiger partial charge in [-0.15, -0.1) is 0 Å². The lowest BCUT2D eigenvalue weighted by Gasteiger charge is -2.11. The average Bonchev–Trinajstić information content (AvgIpc) is 2.92. The Balaban J connectivity index is 1.93. The average molecular weight is 289 g/mol. The van der Waals surface area contributed by atoms with Crippen LogP contribution in [0.25, 0.3) is 0 Å². The number of benzene rings is 1. The van der Waals surface area contributed by atoms with Crippen LogP contribution in [0.15, 0.2) is 41.0 Å². The number of furan rings is 1. The van der Waals surface area contributed by atoms with Crippen LogP contribution in [-0.4, -0.2) is 13.7 Å². The number of hydrogen-bond acceptors (Lipinski definition) is 4. The lowest BCUT2D eigenvalue weighted by Crippen LogP contribution is -2.19. The minimum Gasteiger partial charge on any atom is -0.493 e. The number of ether oxygens (including phenoxy) is 2. The van der Waals surface area contributed by atoms with E-state index < -0.39 is 0 Å². The molecule has 114 valence electrons. The maximum Gasteiger partial charge on any atom is 0.161 e. The van der Waals surface area contributed by atoms with Gasteiger partial charge in [0.1, 0.15) is 12.4 Å². The molecule has 0 spiro atoms. The molecule has 0 aliphatic heterocycles. The van der Waals surface area contributed by atoms with Gasteiger partial charge in [0.25, 0.3) is 0 Å². The molecule has 4 heteroatoms. The van der Waals surface area contributed by atoms with E-state index in [1.54, 1.807) is 13.4 Å². The number of rotatable bonds is 8. The second-order valence-electron chi connectivity index (χ2n) is 5.33. The lowest BCUT2D eigenvalue weighted by molar-refractivity contribution is 0.281. The molecule has 1 N–H and O–H groups in total. The molecule has 2 rings (SSSR count). The van der Waals surface area contributed by atoms with Crippen LogP contribution in [0, 0.1) is 5.92 Å². The van der Waals surface area contributed by atoms with Crippen molar-refractivity contribution in [3.8, 4) is 11.5 Å². The van der Waals surface area contributed by atoms with E-state index >= 15 is 0 Å². The quantitative estimate of drug-likeness (QED) is 0.806. The highest BCUT2D eigenvalue weighted by Gasteiger charge is 2.09. The first-order valence-electron chi connectivity index (χ1n) is 7.22. The fourth-order valence-corrected chi connectivity index (χ4v) is 2.02. The molecule has 21 heavy (non-hydrogen) atoms. The van der Waals surface area contributed by atoms with Crippen LogP contribution < -0.4 is 14.8 Å². The Morgan fingerprint density at radius 1 is 1.14 bits per heavy atom. The number of hydrogen-bond donors (Lipinski definition) is 1. The molecule has 0 aliphatic carbocycles. The molecule has 1 heterocycles. The van der Waals surface area contributed by atoms with E-state index in [1.807, 2.05) is 30.3 Å². The zero-order valence-corrected chi connectivity index (χ0v) is 12.9. The summed E-state index contributed by atoms with van der Waals surface area (Å²) in [7, 11) is 1.64. The first-order chi connectivity index (χ1) is 10.2. The third-order valence-corrected chi connectivity index (χ3v) is 3.13. The van der Waals surface area contributed by atoms with Crippen LogP contribution in [0.2, 0.25) is 0 Å². The first kappa shape index (κ1) is 15.4. The number of para-hydroxylation sites is 2. The smallest absolute Gasteiger partial charge is 0.161 e. The van der Waals surface area contributed by atoms with Gasteiger partial charge in [-0.05, 0) is 30.7 Å². The summed E-state index contributed by atoms with van der Waals surface area (Å²) in [4.78, 5) is 0. The van der Waals surface area contributed by atoms with Gasteiger partial charge in [-0.25, -0.2) is 0 Å². The normalized spacial score (nSPS) is 10.9. The van der Waals surface area contributed by atoms with E-state index in [1.165, 1.54) is 0 Å². The molecule has 0 saturated heterocycles. The Kier molecular flexibility index (Phi) is 5.69. The summed E-state index contributed by atoms with van der Waals surface area (Å²) >= 11 is 0. The van der Waals surface area contributed by atoms with Gasteiger partial charge in [0.05, 0.1) is 19.9 Å². The van der Waals surface area contributed by atoms with Gasteiger partial charge in [-0.3, -0.25) is 0 Å². The van der Waals surface area contributed by atoms with Crippen molar-refractivity contribution in [2.45, 2.75) is 27.0 Å². The van der Waals surface area contributed by atoms with Crippen LogP contribution in [0.1, 0.15) is 25.2 Å². The van der Waals surface area contributed by atoms with Crippen molar-refractivity contribution in [1.82, 2.24) is 5.32 Å². The monoisotopic (exact) mass is 289 g/mol. The Morgan fingerprint density at radius 2 is 1.90 bits per heavy atom. The minimum atomic E-state index is 0.468. The molecule has 0 saturated carbocycles. The van der Waals surface area contributed by atoms with Crippen molar-refractivity contribution < 1.29 is 13.9 Å². The fraction of sp³-hybridized carbons (Fsp3) is 0.412. The molecule has 0 aliphatic rings. The van der Waals surface area contributed by atoms with E-state index in [-0.39, 0.29) is 0 Å². The molecule has 1 aromatic heterocycles. The standard InChI is InChI=1S/C17H23NO3/c1-13(2)10-18-11-17-14(8-9-20-17)12-21-16-7-5-4-6-15(16)19-3/h4-9,13,18H,10-12H2,1-3H3. The predicted octanol–water partition coefficient (Wildman–Crippen LogP) is 3.61. The third kappa shape index (κ3) is 4.53. The second-order valence-corrected chi connectivity index (χ2v) is 5.33. The number of methoxy groups -OCH3 is 1. The van der Waals surface area contributed by atoms with Gasteiger partial charge in [0, 0.05) is 5.56 Å². The molecular formula is C17H23NO3. The highest BCUT2D eigenvalue weighted by Crippen LogP contribution is 2.27. The summed E-state index contributed by atoms with van der Waals surface area (Å²) in [6, 6.07) is 9.58. The van der Waals surface area contributed by atoms with Gasteiger partial charge in [-0.2, -0.15) is 0 Å². The molecule has 0 atom stereocenters. The SMILES string of the molecule is COc1ccccc1OCc1ccoc1CNCC(C)C. The van der Waals surface area contributed by atoms with Gasteiger partial charge in [0.2, 0.25) is 0 Å². The Hall–Kier alpha value is -1.94. The van der Waals surface area contributed by atoms with Crippen molar-refractivity contribution in [1.29, 1.82) is 0 Å². The van der Waals surface area contributed by atoms with Crippen LogP contribution in [0.4, 0.5) is 0 Å². The van der Waals surface area contributed by atoms with E-state index in [2.05, 4.69) is 19.2 Å². The third-order valence-electron chi connectivity index (χ3n) is 3.13. The summed E-state index contributed by atoms with van der Waals surface area (Å²) in [5.41, 5.74) is 1.05. The molecule has 2 aromatic rings. The van der Waals surface area contributed by atoms with Crippen molar-refractivity contribution in [3.63, 3.8) is 0 Å². The van der Waals surface area contributed by atoms with Crippen molar-refractivity contribution in [3.05, 3.63) is 47.9 Å². The lowest BCUT2D eigenvalue weighted by atomic mass is 10.2. The van der Waals surface area contributed by atoms with Crippen LogP contribution >= 0.6 is 0 Å². The maximum absolute atomic E-state index is 5.83. The topological polar surface area (TPSA) is 43.6 Å². The molecule has 0 unspecified atom stereocenters. The van der Waals surface area contributed by atoms with E-state index in [0.717, 1.165) is 35.9 Å². The molecule has 0 fully saturated rings. The summed E-state index contributed by atoms with van der Waals surface area (Å²) in [5.74, 6) is 3.02. The first-order valence-corrected chi connectivity index (χ1v) is 7.22. The van der Waals surface area contributed by atoms with E-state index in [9.17, 15) is 0 Å². The second kappa shape index (κ2) is 7.74. The van der Waals surface area contributed by atoms with Crippen LogP contribution in [0.3, 0.4) is 0 Å². The van der Waals surface area contributed by atoms with E-state index in [4.69, 9.17) is 13.9 Å². The zero-order chi connectivity index (χ0) is 15.1. The van der Waals surface area contributed by atoms with Gasteiger partial charge >= 0.3 is 0 Å². The summed E-state index contributed by atoms with van der Waals surface area (Å²) in [6.07, 6.45) is 1.70. The Bertz CT molecular complexity index is 548. The maximum atomic E-state index is 5.83. The summed E-state index contributed by atoms with van der Waals surface area (Å²) < 4.78 is 16.6. The van der Waals surface area contributed by atoms with E-state index in [0.29, 0.717) is 12.5 Å². The molecule has 1 aromatic carbocycles. The molecule has 0 bridgehead atoms. The summed E-state index contributed by atoms with van der Waals surface area (Å²) in [5, 5.41) is 3.37. The molecular weight excluding hydrogens is 266 g/mol. The minimum absolute atomic E-state index is 0.468. The van der Waals surface area contributed by atoms with Crippen molar-refractivity contribution in [2.24, 2.45) is 5.92 Å².